The fourth-order valence-corrected chi connectivity index (χ4v) is 5.58. The first-order valence-corrected chi connectivity index (χ1v) is 16.0. The second kappa shape index (κ2) is 21.8. The standard InChI is InChI=1S/C33H57N5O4.2ClH/c1-7-8-14-35-33(42)29(24(4)5)21-31(40)30(34)20-27(23(2)3)22-36-32(41)28-12-10-9-11-26(28)13-15-37-16-18-38(19-17-37)25(6)39;;/h9-12,23-24,27,29-31,40H,7-8,13-22,34H2,1-6H3,(H,35,42)(H,36,41);2*1H. The van der Waals surface area contributed by atoms with E-state index in [1.54, 1.807) is 6.92 Å². The third-order valence-electron chi connectivity index (χ3n) is 8.78. The molecule has 254 valence electrons. The molecule has 4 unspecified atom stereocenters. The minimum absolute atomic E-state index is 0. The Labute approximate surface area is 278 Å². The first kappa shape index (κ1) is 42.1. The van der Waals surface area contributed by atoms with Crippen LogP contribution in [0.25, 0.3) is 0 Å². The molecule has 11 heteroatoms. The average molecular weight is 661 g/mol. The zero-order chi connectivity index (χ0) is 31.2. The van der Waals surface area contributed by atoms with Crippen LogP contribution in [0.15, 0.2) is 24.3 Å². The second-order valence-corrected chi connectivity index (χ2v) is 12.7. The maximum Gasteiger partial charge on any atom is 0.251 e. The summed E-state index contributed by atoms with van der Waals surface area (Å²) in [5, 5.41) is 17.1. The maximum absolute atomic E-state index is 13.3. The first-order valence-electron chi connectivity index (χ1n) is 16.0. The third kappa shape index (κ3) is 14.0. The van der Waals surface area contributed by atoms with Gasteiger partial charge in [-0.1, -0.05) is 59.2 Å². The summed E-state index contributed by atoms with van der Waals surface area (Å²) < 4.78 is 0. The van der Waals surface area contributed by atoms with Crippen molar-refractivity contribution in [3.05, 3.63) is 35.4 Å². The molecule has 1 aromatic rings. The number of hydrogen-bond acceptors (Lipinski definition) is 6. The van der Waals surface area contributed by atoms with Crippen LogP contribution in [0.2, 0.25) is 0 Å². The highest BCUT2D eigenvalue weighted by Gasteiger charge is 2.30. The predicted octanol–water partition coefficient (Wildman–Crippen LogP) is 3.90. The highest BCUT2D eigenvalue weighted by Crippen LogP contribution is 2.23. The first-order chi connectivity index (χ1) is 19.9. The van der Waals surface area contributed by atoms with Gasteiger partial charge in [-0.3, -0.25) is 19.3 Å². The van der Waals surface area contributed by atoms with Crippen molar-refractivity contribution in [2.24, 2.45) is 29.4 Å². The number of rotatable bonds is 17. The van der Waals surface area contributed by atoms with Crippen LogP contribution >= 0.6 is 24.8 Å². The summed E-state index contributed by atoms with van der Waals surface area (Å²) in [5.74, 6) is 0.139. The van der Waals surface area contributed by atoms with Crippen LogP contribution in [-0.2, 0) is 16.0 Å². The van der Waals surface area contributed by atoms with Crippen molar-refractivity contribution in [1.29, 1.82) is 0 Å². The lowest BCUT2D eigenvalue weighted by Crippen LogP contribution is -2.48. The third-order valence-corrected chi connectivity index (χ3v) is 8.78. The summed E-state index contributed by atoms with van der Waals surface area (Å²) in [5.41, 5.74) is 8.17. The van der Waals surface area contributed by atoms with Gasteiger partial charge in [-0.2, -0.15) is 0 Å². The van der Waals surface area contributed by atoms with E-state index in [1.807, 2.05) is 43.0 Å². The van der Waals surface area contributed by atoms with Gasteiger partial charge in [0.2, 0.25) is 11.8 Å². The van der Waals surface area contributed by atoms with Gasteiger partial charge in [0.15, 0.2) is 0 Å². The number of piperazine rings is 1. The number of amides is 3. The van der Waals surface area contributed by atoms with Gasteiger partial charge in [0.1, 0.15) is 0 Å². The molecule has 1 fully saturated rings. The zero-order valence-corrected chi connectivity index (χ0v) is 29.4. The fourth-order valence-electron chi connectivity index (χ4n) is 5.58. The highest BCUT2D eigenvalue weighted by atomic mass is 35.5. The number of carbonyl (C=O) groups excluding carboxylic acids is 3. The number of nitrogens with zero attached hydrogens (tertiary/aromatic N) is 2. The van der Waals surface area contributed by atoms with Crippen molar-refractivity contribution in [2.45, 2.75) is 85.8 Å². The Bertz CT molecular complexity index is 989. The SMILES string of the molecule is CCCCNC(=O)C(CC(O)C(N)CC(CNC(=O)c1ccccc1CCN1CCN(C(C)=O)CC1)C(C)C)C(C)C.Cl.Cl. The van der Waals surface area contributed by atoms with Crippen LogP contribution in [0.1, 0.15) is 83.1 Å². The molecule has 2 rings (SSSR count). The van der Waals surface area contributed by atoms with Crippen LogP contribution in [0.3, 0.4) is 0 Å². The Morgan fingerprint density at radius 3 is 2.16 bits per heavy atom. The normalized spacial score (nSPS) is 16.4. The lowest BCUT2D eigenvalue weighted by Gasteiger charge is -2.34. The largest absolute Gasteiger partial charge is 0.391 e. The van der Waals surface area contributed by atoms with E-state index in [2.05, 4.69) is 36.3 Å². The molecule has 0 aromatic heterocycles. The van der Waals surface area contributed by atoms with E-state index in [9.17, 15) is 19.5 Å². The lowest BCUT2D eigenvalue weighted by molar-refractivity contribution is -0.130. The van der Waals surface area contributed by atoms with E-state index in [0.29, 0.717) is 31.5 Å². The average Bonchev–Trinajstić information content (AvgIpc) is 2.96. The molecule has 1 heterocycles. The maximum atomic E-state index is 13.3. The van der Waals surface area contributed by atoms with Crippen LogP contribution in [0, 0.1) is 23.7 Å². The number of nitrogens with two attached hydrogens (primary N) is 1. The zero-order valence-electron chi connectivity index (χ0n) is 27.7. The molecule has 0 bridgehead atoms. The molecule has 3 amide bonds. The second-order valence-electron chi connectivity index (χ2n) is 12.7. The van der Waals surface area contributed by atoms with Crippen molar-refractivity contribution in [3.63, 3.8) is 0 Å². The number of nitrogens with one attached hydrogen (secondary N) is 2. The highest BCUT2D eigenvalue weighted by molar-refractivity contribution is 5.95. The van der Waals surface area contributed by atoms with Crippen LogP contribution in [-0.4, -0.2) is 90.6 Å². The number of aliphatic hydroxyl groups is 1. The Kier molecular flexibility index (Phi) is 20.8. The van der Waals surface area contributed by atoms with Crippen molar-refractivity contribution in [2.75, 3.05) is 45.8 Å². The lowest BCUT2D eigenvalue weighted by atomic mass is 9.83. The van der Waals surface area contributed by atoms with Gasteiger partial charge in [0.25, 0.3) is 5.91 Å². The number of unbranched alkanes of at least 4 members (excludes halogenated alkanes) is 1. The van der Waals surface area contributed by atoms with Crippen LogP contribution < -0.4 is 16.4 Å². The van der Waals surface area contributed by atoms with Gasteiger partial charge in [-0.25, -0.2) is 0 Å². The molecule has 44 heavy (non-hydrogen) atoms. The smallest absolute Gasteiger partial charge is 0.251 e. The molecule has 4 atom stereocenters. The number of carbonyl (C=O) groups is 3. The minimum Gasteiger partial charge on any atom is -0.391 e. The van der Waals surface area contributed by atoms with Crippen LogP contribution in [0.4, 0.5) is 0 Å². The van der Waals surface area contributed by atoms with Crippen molar-refractivity contribution in [3.8, 4) is 0 Å². The molecule has 1 saturated heterocycles. The number of benzene rings is 1. The van der Waals surface area contributed by atoms with Crippen molar-refractivity contribution in [1.82, 2.24) is 20.4 Å². The van der Waals surface area contributed by atoms with E-state index in [1.165, 1.54) is 0 Å². The molecule has 1 aromatic carbocycles. The molecule has 0 aliphatic carbocycles. The molecule has 0 spiro atoms. The van der Waals surface area contributed by atoms with E-state index in [-0.39, 0.29) is 66.2 Å². The van der Waals surface area contributed by atoms with Crippen molar-refractivity contribution >= 4 is 42.5 Å². The van der Waals surface area contributed by atoms with Gasteiger partial charge in [0, 0.05) is 70.3 Å². The van der Waals surface area contributed by atoms with Gasteiger partial charge in [-0.05, 0) is 55.1 Å². The van der Waals surface area contributed by atoms with Gasteiger partial charge < -0.3 is 26.4 Å². The quantitative estimate of drug-likeness (QED) is 0.188. The molecular formula is C33H59Cl2N5O4. The Hall–Kier alpha value is -1.91. The van der Waals surface area contributed by atoms with E-state index >= 15 is 0 Å². The summed E-state index contributed by atoms with van der Waals surface area (Å²) in [4.78, 5) is 41.9. The summed E-state index contributed by atoms with van der Waals surface area (Å²) >= 11 is 0. The summed E-state index contributed by atoms with van der Waals surface area (Å²) in [6, 6.07) is 7.24. The van der Waals surface area contributed by atoms with Crippen molar-refractivity contribution < 1.29 is 19.5 Å². The molecule has 1 aliphatic heterocycles. The Morgan fingerprint density at radius 2 is 1.59 bits per heavy atom. The summed E-state index contributed by atoms with van der Waals surface area (Å²) in [7, 11) is 0. The van der Waals surface area contributed by atoms with Gasteiger partial charge in [0.05, 0.1) is 6.10 Å². The van der Waals surface area contributed by atoms with E-state index in [4.69, 9.17) is 5.73 Å². The number of halogens is 2. The summed E-state index contributed by atoms with van der Waals surface area (Å²) in [6.45, 7) is 17.0. The van der Waals surface area contributed by atoms with Crippen LogP contribution in [0.5, 0.6) is 0 Å². The topological polar surface area (TPSA) is 128 Å². The number of aliphatic hydroxyl groups excluding tert-OH is 1. The Morgan fingerprint density at radius 1 is 0.955 bits per heavy atom. The fraction of sp³-hybridized carbons (Fsp3) is 0.727. The Balaban J connectivity index is 0.00000924. The molecule has 0 saturated carbocycles. The molecule has 9 nitrogen and oxygen atoms in total. The van der Waals surface area contributed by atoms with Gasteiger partial charge in [-0.15, -0.1) is 24.8 Å². The molecule has 5 N–H and O–H groups in total. The number of hydrogen-bond donors (Lipinski definition) is 4. The van der Waals surface area contributed by atoms with E-state index in [0.717, 1.165) is 57.5 Å². The van der Waals surface area contributed by atoms with E-state index < -0.39 is 12.1 Å². The molecule has 0 radical (unpaired) electrons. The minimum atomic E-state index is -0.802. The monoisotopic (exact) mass is 659 g/mol. The molecule has 1 aliphatic rings. The predicted molar refractivity (Wildman–Crippen MR) is 183 cm³/mol. The summed E-state index contributed by atoms with van der Waals surface area (Å²) in [6.07, 6.45) is 2.78. The molecular weight excluding hydrogens is 601 g/mol. The van der Waals surface area contributed by atoms with Gasteiger partial charge >= 0.3 is 0 Å².